The zero-order valence-corrected chi connectivity index (χ0v) is 11.2. The van der Waals surface area contributed by atoms with E-state index >= 15 is 0 Å². The summed E-state index contributed by atoms with van der Waals surface area (Å²) in [6.07, 6.45) is 1.64. The molecule has 1 rings (SSSR count). The third-order valence-corrected chi connectivity index (χ3v) is 2.51. The van der Waals surface area contributed by atoms with E-state index < -0.39 is 5.97 Å². The van der Waals surface area contributed by atoms with E-state index in [1.54, 1.807) is 32.1 Å². The Morgan fingerprint density at radius 3 is 2.59 bits per heavy atom. The van der Waals surface area contributed by atoms with Crippen molar-refractivity contribution in [1.82, 2.24) is 0 Å². The SMILES string of the molecule is CC=C(C)C(=O)OOCOc1ccc(Br)cc1. The van der Waals surface area contributed by atoms with Crippen LogP contribution < -0.4 is 4.74 Å². The van der Waals surface area contributed by atoms with Gasteiger partial charge in [-0.1, -0.05) is 22.0 Å². The third kappa shape index (κ3) is 5.01. The molecule has 0 fully saturated rings. The molecule has 5 heteroatoms. The van der Waals surface area contributed by atoms with Gasteiger partial charge >= 0.3 is 5.97 Å². The van der Waals surface area contributed by atoms with Gasteiger partial charge in [0.2, 0.25) is 6.79 Å². The molecule has 0 aliphatic rings. The number of benzene rings is 1. The molecule has 0 spiro atoms. The van der Waals surface area contributed by atoms with Crippen molar-refractivity contribution in [3.05, 3.63) is 40.4 Å². The average Bonchev–Trinajstić information content (AvgIpc) is 2.35. The normalized spacial score (nSPS) is 11.1. The number of allylic oxidation sites excluding steroid dienone is 1. The van der Waals surface area contributed by atoms with Gasteiger partial charge in [-0.05, 0) is 38.1 Å². The van der Waals surface area contributed by atoms with E-state index in [0.717, 1.165) is 4.47 Å². The summed E-state index contributed by atoms with van der Waals surface area (Å²) >= 11 is 3.31. The Hall–Kier alpha value is -1.33. The highest BCUT2D eigenvalue weighted by Crippen LogP contribution is 2.15. The van der Waals surface area contributed by atoms with Gasteiger partial charge in [-0.3, -0.25) is 4.89 Å². The second-order valence-electron chi connectivity index (χ2n) is 3.18. The molecule has 0 atom stereocenters. The van der Waals surface area contributed by atoms with Gasteiger partial charge in [0, 0.05) is 10.0 Å². The van der Waals surface area contributed by atoms with E-state index in [1.165, 1.54) is 0 Å². The fourth-order valence-electron chi connectivity index (χ4n) is 0.884. The molecule has 0 aromatic heterocycles. The molecular weight excluding hydrogens is 288 g/mol. The summed E-state index contributed by atoms with van der Waals surface area (Å²) in [5.74, 6) is 0.110. The number of rotatable bonds is 5. The van der Waals surface area contributed by atoms with Crippen LogP contribution in [0.4, 0.5) is 0 Å². The van der Waals surface area contributed by atoms with Crippen LogP contribution in [0.2, 0.25) is 0 Å². The van der Waals surface area contributed by atoms with E-state index in [1.807, 2.05) is 12.1 Å². The summed E-state index contributed by atoms with van der Waals surface area (Å²) in [5.41, 5.74) is 0.480. The minimum Gasteiger partial charge on any atom is -0.464 e. The predicted molar refractivity (Wildman–Crippen MR) is 66.2 cm³/mol. The lowest BCUT2D eigenvalue weighted by atomic mass is 10.3. The van der Waals surface area contributed by atoms with Crippen molar-refractivity contribution in [1.29, 1.82) is 0 Å². The lowest BCUT2D eigenvalue weighted by Crippen LogP contribution is -2.10. The molecule has 0 saturated carbocycles. The molecule has 17 heavy (non-hydrogen) atoms. The first-order valence-electron chi connectivity index (χ1n) is 4.98. The molecule has 1 aromatic carbocycles. The molecule has 4 nitrogen and oxygen atoms in total. The third-order valence-electron chi connectivity index (χ3n) is 1.98. The van der Waals surface area contributed by atoms with E-state index in [-0.39, 0.29) is 6.79 Å². The summed E-state index contributed by atoms with van der Waals surface area (Å²) in [5, 5.41) is 0. The predicted octanol–water partition coefficient (Wildman–Crippen LogP) is 3.23. The Balaban J connectivity index is 2.25. The minimum absolute atomic E-state index is 0.148. The first-order chi connectivity index (χ1) is 8.13. The van der Waals surface area contributed by atoms with Gasteiger partial charge in [0.15, 0.2) is 0 Å². The van der Waals surface area contributed by atoms with Crippen LogP contribution in [0.25, 0.3) is 0 Å². The Morgan fingerprint density at radius 1 is 1.35 bits per heavy atom. The highest BCUT2D eigenvalue weighted by molar-refractivity contribution is 9.10. The van der Waals surface area contributed by atoms with Crippen LogP contribution in [0.15, 0.2) is 40.4 Å². The smallest absolute Gasteiger partial charge is 0.368 e. The van der Waals surface area contributed by atoms with Crippen LogP contribution in [0.5, 0.6) is 5.75 Å². The zero-order chi connectivity index (χ0) is 12.7. The molecule has 0 aliphatic heterocycles. The molecule has 92 valence electrons. The van der Waals surface area contributed by atoms with Crippen molar-refractivity contribution in [3.8, 4) is 5.75 Å². The lowest BCUT2D eigenvalue weighted by molar-refractivity contribution is -0.294. The monoisotopic (exact) mass is 300 g/mol. The fourth-order valence-corrected chi connectivity index (χ4v) is 1.15. The molecule has 0 amide bonds. The average molecular weight is 301 g/mol. The summed E-state index contributed by atoms with van der Waals surface area (Å²) in [6.45, 7) is 3.24. The molecule has 0 radical (unpaired) electrons. The molecule has 0 bridgehead atoms. The lowest BCUT2D eigenvalue weighted by Gasteiger charge is -2.06. The van der Waals surface area contributed by atoms with Crippen molar-refractivity contribution < 1.29 is 19.3 Å². The van der Waals surface area contributed by atoms with Crippen LogP contribution in [0.1, 0.15) is 13.8 Å². The van der Waals surface area contributed by atoms with Crippen LogP contribution in [-0.2, 0) is 14.6 Å². The maximum Gasteiger partial charge on any atom is 0.368 e. The first-order valence-corrected chi connectivity index (χ1v) is 5.78. The Bertz CT molecular complexity index is 397. The van der Waals surface area contributed by atoms with Gasteiger partial charge in [0.05, 0.1) is 0 Å². The van der Waals surface area contributed by atoms with Crippen molar-refractivity contribution in [3.63, 3.8) is 0 Å². The highest BCUT2D eigenvalue weighted by Gasteiger charge is 2.05. The number of halogens is 1. The molecular formula is C12H13BrO4. The maximum atomic E-state index is 11.2. The van der Waals surface area contributed by atoms with Crippen molar-refractivity contribution in [2.45, 2.75) is 13.8 Å². The second kappa shape index (κ2) is 7.09. The number of ether oxygens (including phenoxy) is 1. The topological polar surface area (TPSA) is 44.8 Å². The summed E-state index contributed by atoms with van der Waals surface area (Å²) in [7, 11) is 0. The standard InChI is InChI=1S/C12H13BrO4/c1-3-9(2)12(14)17-16-8-15-11-6-4-10(13)5-7-11/h3-7H,8H2,1-2H3. The molecule has 0 aliphatic carbocycles. The molecule has 0 saturated heterocycles. The summed E-state index contributed by atoms with van der Waals surface area (Å²) < 4.78 is 6.14. The highest BCUT2D eigenvalue weighted by atomic mass is 79.9. The number of carbonyl (C=O) groups is 1. The number of hydrogen-bond donors (Lipinski definition) is 0. The van der Waals surface area contributed by atoms with Gasteiger partial charge in [0.1, 0.15) is 5.75 Å². The molecule has 0 unspecified atom stereocenters. The van der Waals surface area contributed by atoms with E-state index in [4.69, 9.17) is 4.74 Å². The number of carbonyl (C=O) groups excluding carboxylic acids is 1. The Morgan fingerprint density at radius 2 is 2.00 bits per heavy atom. The Kier molecular flexibility index (Phi) is 5.72. The number of hydrogen-bond acceptors (Lipinski definition) is 4. The first kappa shape index (κ1) is 13.7. The Labute approximate surface area is 108 Å². The zero-order valence-electron chi connectivity index (χ0n) is 9.60. The van der Waals surface area contributed by atoms with Crippen molar-refractivity contribution >= 4 is 21.9 Å². The molecule has 1 aromatic rings. The fraction of sp³-hybridized carbons (Fsp3) is 0.250. The summed E-state index contributed by atoms with van der Waals surface area (Å²) in [6, 6.07) is 7.22. The minimum atomic E-state index is -0.521. The van der Waals surface area contributed by atoms with E-state index in [0.29, 0.717) is 11.3 Å². The van der Waals surface area contributed by atoms with Gasteiger partial charge in [0.25, 0.3) is 0 Å². The van der Waals surface area contributed by atoms with E-state index in [2.05, 4.69) is 25.7 Å². The van der Waals surface area contributed by atoms with Crippen LogP contribution in [0, 0.1) is 0 Å². The van der Waals surface area contributed by atoms with Crippen LogP contribution in [0.3, 0.4) is 0 Å². The van der Waals surface area contributed by atoms with Crippen molar-refractivity contribution in [2.75, 3.05) is 6.79 Å². The summed E-state index contributed by atoms with van der Waals surface area (Å²) in [4.78, 5) is 20.3. The largest absolute Gasteiger partial charge is 0.464 e. The quantitative estimate of drug-likeness (QED) is 0.275. The van der Waals surface area contributed by atoms with Crippen LogP contribution >= 0.6 is 15.9 Å². The maximum absolute atomic E-state index is 11.2. The molecule has 0 N–H and O–H groups in total. The second-order valence-corrected chi connectivity index (χ2v) is 4.09. The van der Waals surface area contributed by atoms with E-state index in [9.17, 15) is 4.79 Å². The van der Waals surface area contributed by atoms with Gasteiger partial charge in [-0.15, -0.1) is 4.89 Å². The van der Waals surface area contributed by atoms with Gasteiger partial charge in [-0.2, -0.15) is 0 Å². The van der Waals surface area contributed by atoms with Gasteiger partial charge < -0.3 is 4.74 Å². The molecule has 0 heterocycles. The van der Waals surface area contributed by atoms with Gasteiger partial charge in [-0.25, -0.2) is 4.79 Å². The van der Waals surface area contributed by atoms with Crippen molar-refractivity contribution in [2.24, 2.45) is 0 Å². The van der Waals surface area contributed by atoms with Crippen LogP contribution in [-0.4, -0.2) is 12.8 Å².